The number of benzene rings is 1. The number of unbranched alkanes of at least 4 members (excludes halogenated alkanes) is 1. The van der Waals surface area contributed by atoms with E-state index >= 15 is 0 Å². The van der Waals surface area contributed by atoms with Crippen LogP contribution in [0.25, 0.3) is 0 Å². The van der Waals surface area contributed by atoms with E-state index in [-0.39, 0.29) is 30.7 Å². The van der Waals surface area contributed by atoms with Gasteiger partial charge in [-0.3, -0.25) is 4.79 Å². The van der Waals surface area contributed by atoms with Crippen molar-refractivity contribution in [1.82, 2.24) is 10.6 Å². The Morgan fingerprint density at radius 1 is 1.25 bits per heavy atom. The molecule has 138 valence electrons. The van der Waals surface area contributed by atoms with Crippen molar-refractivity contribution in [2.75, 3.05) is 38.1 Å². The third-order valence-corrected chi connectivity index (χ3v) is 4.38. The average Bonchev–Trinajstić information content (AvgIpc) is 3.06. The van der Waals surface area contributed by atoms with Gasteiger partial charge in [0.05, 0.1) is 0 Å². The fourth-order valence-corrected chi connectivity index (χ4v) is 2.90. The lowest BCUT2D eigenvalue weighted by Crippen LogP contribution is -2.26. The molecule has 24 heavy (non-hydrogen) atoms. The number of amides is 1. The van der Waals surface area contributed by atoms with Gasteiger partial charge in [0.25, 0.3) is 0 Å². The maximum atomic E-state index is 11.8. The van der Waals surface area contributed by atoms with E-state index in [4.69, 9.17) is 0 Å². The number of nitrogens with one attached hydrogen (secondary N) is 2. The van der Waals surface area contributed by atoms with E-state index in [1.54, 1.807) is 0 Å². The van der Waals surface area contributed by atoms with E-state index < -0.39 is 0 Å². The third-order valence-electron chi connectivity index (χ3n) is 4.38. The van der Waals surface area contributed by atoms with E-state index in [1.807, 2.05) is 6.07 Å². The summed E-state index contributed by atoms with van der Waals surface area (Å²) in [5, 5.41) is 6.39. The lowest BCUT2D eigenvalue weighted by molar-refractivity contribution is -0.121. The molecule has 2 rings (SSSR count). The van der Waals surface area contributed by atoms with Gasteiger partial charge in [0.2, 0.25) is 5.91 Å². The summed E-state index contributed by atoms with van der Waals surface area (Å²) in [4.78, 5) is 14.0. The highest BCUT2D eigenvalue weighted by Crippen LogP contribution is 2.14. The molecule has 1 aliphatic heterocycles. The van der Waals surface area contributed by atoms with Gasteiger partial charge in [-0.15, -0.1) is 24.8 Å². The van der Waals surface area contributed by atoms with Crippen LogP contribution in [0.15, 0.2) is 30.3 Å². The summed E-state index contributed by atoms with van der Waals surface area (Å²) in [6.07, 6.45) is 5.05. The van der Waals surface area contributed by atoms with E-state index in [0.29, 0.717) is 12.3 Å². The van der Waals surface area contributed by atoms with Crippen molar-refractivity contribution >= 4 is 36.4 Å². The Labute approximate surface area is 158 Å². The number of carbonyl (C=O) groups is 1. The standard InChI is InChI=1S/C18H29N3O.2ClH/c1-21(17-7-3-2-4-8-17)14-6-5-12-20-18(22)10-9-16-11-13-19-15-16;;/h2-4,7-8,16,19H,5-6,9-15H2,1H3,(H,20,22);2*1H. The number of hydrogen-bond acceptors (Lipinski definition) is 3. The second-order valence-electron chi connectivity index (χ2n) is 6.21. The van der Waals surface area contributed by atoms with Gasteiger partial charge in [-0.05, 0) is 56.8 Å². The first-order valence-electron chi connectivity index (χ1n) is 8.49. The van der Waals surface area contributed by atoms with Gasteiger partial charge >= 0.3 is 0 Å². The second kappa shape index (κ2) is 13.3. The molecule has 0 aliphatic carbocycles. The first kappa shape index (κ1) is 23.0. The van der Waals surface area contributed by atoms with Crippen LogP contribution < -0.4 is 15.5 Å². The summed E-state index contributed by atoms with van der Waals surface area (Å²) in [5.41, 5.74) is 1.25. The molecular formula is C18H31Cl2N3O. The van der Waals surface area contributed by atoms with Crippen molar-refractivity contribution in [2.24, 2.45) is 5.92 Å². The van der Waals surface area contributed by atoms with Crippen molar-refractivity contribution in [2.45, 2.75) is 32.1 Å². The molecule has 1 atom stereocenters. The van der Waals surface area contributed by atoms with Crippen LogP contribution in [0.3, 0.4) is 0 Å². The molecule has 0 radical (unpaired) electrons. The van der Waals surface area contributed by atoms with Gasteiger partial charge in [-0.1, -0.05) is 18.2 Å². The second-order valence-corrected chi connectivity index (χ2v) is 6.21. The topological polar surface area (TPSA) is 44.4 Å². The number of para-hydroxylation sites is 1. The fraction of sp³-hybridized carbons (Fsp3) is 0.611. The summed E-state index contributed by atoms with van der Waals surface area (Å²) in [6.45, 7) is 4.01. The molecule has 1 saturated heterocycles. The van der Waals surface area contributed by atoms with Crippen molar-refractivity contribution in [3.63, 3.8) is 0 Å². The molecule has 1 aliphatic rings. The third kappa shape index (κ3) is 8.76. The van der Waals surface area contributed by atoms with Crippen LogP contribution in [-0.4, -0.2) is 39.1 Å². The van der Waals surface area contributed by atoms with Crippen LogP contribution in [0.1, 0.15) is 32.1 Å². The summed E-state index contributed by atoms with van der Waals surface area (Å²) >= 11 is 0. The van der Waals surface area contributed by atoms with Crippen LogP contribution in [0.2, 0.25) is 0 Å². The number of carbonyl (C=O) groups excluding carboxylic acids is 1. The maximum Gasteiger partial charge on any atom is 0.220 e. The highest BCUT2D eigenvalue weighted by atomic mass is 35.5. The van der Waals surface area contributed by atoms with Gasteiger partial charge < -0.3 is 15.5 Å². The molecule has 0 saturated carbocycles. The Balaban J connectivity index is 0.00000264. The van der Waals surface area contributed by atoms with Crippen LogP contribution in [0.4, 0.5) is 5.69 Å². The minimum atomic E-state index is 0. The van der Waals surface area contributed by atoms with Gasteiger partial charge in [0.1, 0.15) is 0 Å². The van der Waals surface area contributed by atoms with Crippen molar-refractivity contribution in [3.05, 3.63) is 30.3 Å². The summed E-state index contributed by atoms with van der Waals surface area (Å²) < 4.78 is 0. The van der Waals surface area contributed by atoms with E-state index in [9.17, 15) is 4.79 Å². The Morgan fingerprint density at radius 2 is 2.00 bits per heavy atom. The molecule has 2 N–H and O–H groups in total. The Bertz CT molecular complexity index is 439. The number of hydrogen-bond donors (Lipinski definition) is 2. The van der Waals surface area contributed by atoms with Gasteiger partial charge in [-0.25, -0.2) is 0 Å². The van der Waals surface area contributed by atoms with Crippen molar-refractivity contribution in [3.8, 4) is 0 Å². The lowest BCUT2D eigenvalue weighted by atomic mass is 10.0. The van der Waals surface area contributed by atoms with Gasteiger partial charge in [-0.2, -0.15) is 0 Å². The quantitative estimate of drug-likeness (QED) is 0.651. The maximum absolute atomic E-state index is 11.8. The molecule has 1 aromatic carbocycles. The number of rotatable bonds is 9. The first-order chi connectivity index (χ1) is 10.8. The molecule has 4 nitrogen and oxygen atoms in total. The molecule has 1 unspecified atom stereocenters. The van der Waals surface area contributed by atoms with Crippen LogP contribution in [0, 0.1) is 5.92 Å². The number of nitrogens with zero attached hydrogens (tertiary/aromatic N) is 1. The normalized spacial score (nSPS) is 16.0. The zero-order valence-corrected chi connectivity index (χ0v) is 16.1. The largest absolute Gasteiger partial charge is 0.375 e. The zero-order valence-electron chi connectivity index (χ0n) is 14.5. The lowest BCUT2D eigenvalue weighted by Gasteiger charge is -2.19. The van der Waals surface area contributed by atoms with Crippen molar-refractivity contribution < 1.29 is 4.79 Å². The minimum absolute atomic E-state index is 0. The van der Waals surface area contributed by atoms with E-state index in [2.05, 4.69) is 46.8 Å². The monoisotopic (exact) mass is 375 g/mol. The van der Waals surface area contributed by atoms with Crippen LogP contribution in [-0.2, 0) is 4.79 Å². The summed E-state index contributed by atoms with van der Waals surface area (Å²) in [7, 11) is 2.11. The SMILES string of the molecule is CN(CCCCNC(=O)CCC1CCNC1)c1ccccc1.Cl.Cl. The highest BCUT2D eigenvalue weighted by molar-refractivity contribution is 5.85. The fourth-order valence-electron chi connectivity index (χ4n) is 2.90. The van der Waals surface area contributed by atoms with Gasteiger partial charge in [0.15, 0.2) is 0 Å². The highest BCUT2D eigenvalue weighted by Gasteiger charge is 2.15. The van der Waals surface area contributed by atoms with Gasteiger partial charge in [0, 0.05) is 32.2 Å². The van der Waals surface area contributed by atoms with E-state index in [0.717, 1.165) is 45.4 Å². The molecule has 1 fully saturated rings. The molecule has 6 heteroatoms. The average molecular weight is 376 g/mol. The number of anilines is 1. The van der Waals surface area contributed by atoms with Crippen LogP contribution >= 0.6 is 24.8 Å². The predicted octanol–water partition coefficient (Wildman–Crippen LogP) is 3.25. The molecule has 0 bridgehead atoms. The van der Waals surface area contributed by atoms with Crippen LogP contribution in [0.5, 0.6) is 0 Å². The number of halogens is 2. The Morgan fingerprint density at radius 3 is 2.67 bits per heavy atom. The molecule has 1 aromatic rings. The molecule has 0 spiro atoms. The molecule has 0 aromatic heterocycles. The minimum Gasteiger partial charge on any atom is -0.375 e. The van der Waals surface area contributed by atoms with E-state index in [1.165, 1.54) is 12.1 Å². The Kier molecular flexibility index (Phi) is 12.8. The van der Waals surface area contributed by atoms with Crippen molar-refractivity contribution in [1.29, 1.82) is 0 Å². The Hall–Kier alpha value is -0.970. The summed E-state index contributed by atoms with van der Waals surface area (Å²) in [5.74, 6) is 0.911. The molecular weight excluding hydrogens is 345 g/mol. The molecule has 1 amide bonds. The predicted molar refractivity (Wildman–Crippen MR) is 107 cm³/mol. The smallest absolute Gasteiger partial charge is 0.220 e. The first-order valence-corrected chi connectivity index (χ1v) is 8.49. The molecule has 1 heterocycles. The zero-order chi connectivity index (χ0) is 15.6. The summed E-state index contributed by atoms with van der Waals surface area (Å²) in [6, 6.07) is 10.4.